The molecule has 23 heavy (non-hydrogen) atoms. The topological polar surface area (TPSA) is 32.8 Å². The molecule has 0 aliphatic carbocycles. The Morgan fingerprint density at radius 1 is 1.30 bits per heavy atom. The first-order valence-corrected chi connectivity index (χ1v) is 8.67. The number of hydrogen-bond acceptors (Lipinski definition) is 3. The number of carbonyl (C=O) groups excluding carboxylic acids is 1. The van der Waals surface area contributed by atoms with Gasteiger partial charge in [-0.25, -0.2) is 0 Å². The van der Waals surface area contributed by atoms with Crippen LogP contribution in [0.25, 0.3) is 0 Å². The van der Waals surface area contributed by atoms with Gasteiger partial charge in [-0.3, -0.25) is 9.69 Å². The maximum absolute atomic E-state index is 12.6. The second kappa shape index (κ2) is 6.62. The maximum Gasteiger partial charge on any atom is 0.224 e. The first-order chi connectivity index (χ1) is 11.0. The molecule has 0 aromatic heterocycles. The Morgan fingerprint density at radius 3 is 2.83 bits per heavy atom. The summed E-state index contributed by atoms with van der Waals surface area (Å²) in [5.74, 6) is 0.273. The first kappa shape index (κ1) is 16.5. The molecule has 1 aromatic rings. The number of rotatable bonds is 3. The van der Waals surface area contributed by atoms with Crippen molar-refractivity contribution in [1.82, 2.24) is 9.80 Å². The van der Waals surface area contributed by atoms with E-state index in [1.807, 2.05) is 4.90 Å². The van der Waals surface area contributed by atoms with Crippen LogP contribution < -0.4 is 0 Å². The highest BCUT2D eigenvalue weighted by Crippen LogP contribution is 2.23. The van der Waals surface area contributed by atoms with E-state index in [9.17, 15) is 4.79 Å². The number of hydrogen-bond donors (Lipinski definition) is 0. The number of amides is 1. The number of ether oxygens (including phenoxy) is 1. The SMILES string of the molecule is C[C@@H]1CN(CCC(=O)N2CCc3ccccc3C2)C(C)(C)CO1. The minimum absolute atomic E-state index is 0.0152. The zero-order valence-corrected chi connectivity index (χ0v) is 14.5. The third-order valence-electron chi connectivity index (χ3n) is 5.13. The van der Waals surface area contributed by atoms with Crippen molar-refractivity contribution in [2.75, 3.05) is 26.2 Å². The molecular weight excluding hydrogens is 288 g/mol. The molecule has 1 fully saturated rings. The molecule has 0 bridgehead atoms. The van der Waals surface area contributed by atoms with E-state index in [1.54, 1.807) is 0 Å². The first-order valence-electron chi connectivity index (χ1n) is 8.67. The Balaban J connectivity index is 1.56. The summed E-state index contributed by atoms with van der Waals surface area (Å²) < 4.78 is 5.75. The van der Waals surface area contributed by atoms with Crippen LogP contribution >= 0.6 is 0 Å². The van der Waals surface area contributed by atoms with Crippen LogP contribution in [0.3, 0.4) is 0 Å². The van der Waals surface area contributed by atoms with Crippen LogP contribution in [0, 0.1) is 0 Å². The van der Waals surface area contributed by atoms with Gasteiger partial charge in [0.25, 0.3) is 0 Å². The predicted octanol–water partition coefficient (Wildman–Crippen LogP) is 2.46. The predicted molar refractivity (Wildman–Crippen MR) is 91.2 cm³/mol. The lowest BCUT2D eigenvalue weighted by atomic mass is 9.99. The monoisotopic (exact) mass is 316 g/mol. The molecule has 2 aliphatic heterocycles. The Hall–Kier alpha value is -1.39. The quantitative estimate of drug-likeness (QED) is 0.859. The van der Waals surface area contributed by atoms with Gasteiger partial charge in [0.1, 0.15) is 0 Å². The van der Waals surface area contributed by atoms with Gasteiger partial charge in [-0.1, -0.05) is 24.3 Å². The third-order valence-corrected chi connectivity index (χ3v) is 5.13. The molecular formula is C19H28N2O2. The van der Waals surface area contributed by atoms with E-state index in [0.717, 1.165) is 39.2 Å². The van der Waals surface area contributed by atoms with E-state index in [2.05, 4.69) is 49.9 Å². The van der Waals surface area contributed by atoms with Crippen molar-refractivity contribution in [1.29, 1.82) is 0 Å². The molecule has 0 unspecified atom stereocenters. The highest BCUT2D eigenvalue weighted by atomic mass is 16.5. The molecule has 3 rings (SSSR count). The van der Waals surface area contributed by atoms with E-state index >= 15 is 0 Å². The van der Waals surface area contributed by atoms with Gasteiger partial charge in [0.05, 0.1) is 12.7 Å². The van der Waals surface area contributed by atoms with Crippen LogP contribution in [0.4, 0.5) is 0 Å². The second-order valence-electron chi connectivity index (χ2n) is 7.46. The molecule has 4 nitrogen and oxygen atoms in total. The molecule has 2 aliphatic rings. The van der Waals surface area contributed by atoms with Crippen LogP contribution in [-0.4, -0.2) is 53.6 Å². The Bertz CT molecular complexity index is 570. The van der Waals surface area contributed by atoms with E-state index in [1.165, 1.54) is 11.1 Å². The molecule has 0 N–H and O–H groups in total. The molecule has 0 saturated carbocycles. The Kier molecular flexibility index (Phi) is 4.74. The third kappa shape index (κ3) is 3.75. The van der Waals surface area contributed by atoms with Crippen molar-refractivity contribution < 1.29 is 9.53 Å². The minimum atomic E-state index is 0.0152. The van der Waals surface area contributed by atoms with Crippen molar-refractivity contribution >= 4 is 5.91 Å². The standard InChI is InChI=1S/C19H28N2O2/c1-15-12-21(19(2,3)14-23-15)11-9-18(22)20-10-8-16-6-4-5-7-17(16)13-20/h4-7,15H,8-14H2,1-3H3/t15-/m1/s1. The summed E-state index contributed by atoms with van der Waals surface area (Å²) in [5, 5.41) is 0. The Morgan fingerprint density at radius 2 is 2.04 bits per heavy atom. The largest absolute Gasteiger partial charge is 0.375 e. The van der Waals surface area contributed by atoms with Gasteiger partial charge in [0, 0.05) is 38.1 Å². The second-order valence-corrected chi connectivity index (χ2v) is 7.46. The molecule has 0 radical (unpaired) electrons. The van der Waals surface area contributed by atoms with Gasteiger partial charge in [0.2, 0.25) is 5.91 Å². The average molecular weight is 316 g/mol. The lowest BCUT2D eigenvalue weighted by molar-refractivity contribution is -0.134. The summed E-state index contributed by atoms with van der Waals surface area (Å²) in [4.78, 5) is 17.0. The number of morpholine rings is 1. The molecule has 2 heterocycles. The molecule has 0 spiro atoms. The van der Waals surface area contributed by atoms with Crippen molar-refractivity contribution in [2.45, 2.75) is 51.8 Å². The van der Waals surface area contributed by atoms with Gasteiger partial charge >= 0.3 is 0 Å². The molecule has 1 amide bonds. The van der Waals surface area contributed by atoms with Gasteiger partial charge in [0.15, 0.2) is 0 Å². The van der Waals surface area contributed by atoms with Crippen LogP contribution in [-0.2, 0) is 22.5 Å². The maximum atomic E-state index is 12.6. The lowest BCUT2D eigenvalue weighted by Crippen LogP contribution is -2.56. The molecule has 4 heteroatoms. The average Bonchev–Trinajstić information content (AvgIpc) is 2.55. The summed E-state index contributed by atoms with van der Waals surface area (Å²) in [6, 6.07) is 8.46. The van der Waals surface area contributed by atoms with Crippen LogP contribution in [0.15, 0.2) is 24.3 Å². The van der Waals surface area contributed by atoms with E-state index < -0.39 is 0 Å². The smallest absolute Gasteiger partial charge is 0.224 e. The summed E-state index contributed by atoms with van der Waals surface area (Å²) in [6.45, 7) is 10.6. The van der Waals surface area contributed by atoms with Crippen molar-refractivity contribution in [2.24, 2.45) is 0 Å². The highest BCUT2D eigenvalue weighted by Gasteiger charge is 2.33. The molecule has 126 valence electrons. The number of nitrogens with zero attached hydrogens (tertiary/aromatic N) is 2. The zero-order chi connectivity index (χ0) is 16.4. The molecule has 1 saturated heterocycles. The highest BCUT2D eigenvalue weighted by molar-refractivity contribution is 5.76. The summed E-state index contributed by atoms with van der Waals surface area (Å²) in [7, 11) is 0. The molecule has 1 aromatic carbocycles. The summed E-state index contributed by atoms with van der Waals surface area (Å²) in [6.07, 6.45) is 1.82. The summed E-state index contributed by atoms with van der Waals surface area (Å²) in [5.41, 5.74) is 2.70. The van der Waals surface area contributed by atoms with Crippen molar-refractivity contribution in [3.05, 3.63) is 35.4 Å². The zero-order valence-electron chi connectivity index (χ0n) is 14.5. The Labute approximate surface area is 139 Å². The minimum Gasteiger partial charge on any atom is -0.375 e. The lowest BCUT2D eigenvalue weighted by Gasteiger charge is -2.44. The van der Waals surface area contributed by atoms with Gasteiger partial charge in [-0.15, -0.1) is 0 Å². The van der Waals surface area contributed by atoms with Gasteiger partial charge < -0.3 is 9.64 Å². The van der Waals surface area contributed by atoms with Crippen molar-refractivity contribution in [3.63, 3.8) is 0 Å². The number of benzene rings is 1. The van der Waals surface area contributed by atoms with Crippen LogP contribution in [0.1, 0.15) is 38.3 Å². The van der Waals surface area contributed by atoms with E-state index in [4.69, 9.17) is 4.74 Å². The number of fused-ring (bicyclic) bond motifs is 1. The van der Waals surface area contributed by atoms with Crippen LogP contribution in [0.2, 0.25) is 0 Å². The van der Waals surface area contributed by atoms with Gasteiger partial charge in [-0.2, -0.15) is 0 Å². The fourth-order valence-corrected chi connectivity index (χ4v) is 3.54. The fourth-order valence-electron chi connectivity index (χ4n) is 3.54. The van der Waals surface area contributed by atoms with Gasteiger partial charge in [-0.05, 0) is 38.3 Å². The number of carbonyl (C=O) groups is 1. The van der Waals surface area contributed by atoms with Crippen LogP contribution in [0.5, 0.6) is 0 Å². The normalized spacial score (nSPS) is 24.3. The summed E-state index contributed by atoms with van der Waals surface area (Å²) >= 11 is 0. The van der Waals surface area contributed by atoms with E-state index in [-0.39, 0.29) is 17.6 Å². The van der Waals surface area contributed by atoms with Crippen molar-refractivity contribution in [3.8, 4) is 0 Å². The van der Waals surface area contributed by atoms with E-state index in [0.29, 0.717) is 6.42 Å². The fraction of sp³-hybridized carbons (Fsp3) is 0.632. The molecule has 1 atom stereocenters.